The topological polar surface area (TPSA) is 79.9 Å². The Morgan fingerprint density at radius 3 is 2.36 bits per heavy atom. The number of aryl methyl sites for hydroxylation is 1. The highest BCUT2D eigenvalue weighted by atomic mass is 32.1. The van der Waals surface area contributed by atoms with Crippen LogP contribution in [0.5, 0.6) is 5.75 Å². The van der Waals surface area contributed by atoms with E-state index >= 15 is 0 Å². The van der Waals surface area contributed by atoms with Crippen molar-refractivity contribution in [2.75, 3.05) is 38.9 Å². The number of rotatable bonds is 5. The molecule has 0 fully saturated rings. The summed E-state index contributed by atoms with van der Waals surface area (Å²) < 4.78 is 10.1. The Labute approximate surface area is 173 Å². The van der Waals surface area contributed by atoms with Crippen molar-refractivity contribution >= 4 is 51.2 Å². The van der Waals surface area contributed by atoms with Gasteiger partial charge in [-0.05, 0) is 55.4 Å². The number of esters is 1. The molecule has 150 valence electrons. The van der Waals surface area contributed by atoms with Crippen LogP contribution in [0.25, 0.3) is 0 Å². The lowest BCUT2D eigenvalue weighted by molar-refractivity contribution is 0.0601. The number of hydrogen-bond acceptors (Lipinski definition) is 6. The zero-order valence-electron chi connectivity index (χ0n) is 16.6. The maximum absolute atomic E-state index is 12.4. The van der Waals surface area contributed by atoms with Crippen molar-refractivity contribution in [2.24, 2.45) is 0 Å². The minimum Gasteiger partial charge on any atom is -0.497 e. The van der Waals surface area contributed by atoms with E-state index in [0.717, 1.165) is 28.3 Å². The number of anilines is 2. The third-order valence-electron chi connectivity index (χ3n) is 4.05. The molecule has 0 unspecified atom stereocenters. The molecule has 1 aromatic carbocycles. The number of benzene rings is 1. The largest absolute Gasteiger partial charge is 0.497 e. The molecule has 0 aliphatic rings. The summed E-state index contributed by atoms with van der Waals surface area (Å²) >= 11 is 6.56. The van der Waals surface area contributed by atoms with Crippen LogP contribution in [0.3, 0.4) is 0 Å². The van der Waals surface area contributed by atoms with Gasteiger partial charge < -0.3 is 25.0 Å². The number of nitrogens with one attached hydrogen (secondary N) is 2. The van der Waals surface area contributed by atoms with Gasteiger partial charge in [0, 0.05) is 19.8 Å². The van der Waals surface area contributed by atoms with Crippen molar-refractivity contribution < 1.29 is 19.1 Å². The summed E-state index contributed by atoms with van der Waals surface area (Å²) in [7, 11) is 6.22. The van der Waals surface area contributed by atoms with Crippen LogP contribution in [0, 0.1) is 13.8 Å². The second kappa shape index (κ2) is 9.03. The van der Waals surface area contributed by atoms with Gasteiger partial charge >= 0.3 is 5.97 Å². The second-order valence-electron chi connectivity index (χ2n) is 6.21. The zero-order chi connectivity index (χ0) is 21.0. The Hall–Kier alpha value is -2.65. The van der Waals surface area contributed by atoms with Gasteiger partial charge in [0.15, 0.2) is 5.11 Å². The molecule has 0 spiro atoms. The first-order chi connectivity index (χ1) is 13.2. The van der Waals surface area contributed by atoms with Gasteiger partial charge in [-0.3, -0.25) is 4.79 Å². The molecule has 0 atom stereocenters. The highest BCUT2D eigenvalue weighted by Gasteiger charge is 2.26. The van der Waals surface area contributed by atoms with Gasteiger partial charge in [-0.25, -0.2) is 4.79 Å². The summed E-state index contributed by atoms with van der Waals surface area (Å²) in [4.78, 5) is 26.6. The van der Waals surface area contributed by atoms with E-state index in [2.05, 4.69) is 10.6 Å². The van der Waals surface area contributed by atoms with E-state index in [1.807, 2.05) is 25.1 Å². The van der Waals surface area contributed by atoms with E-state index < -0.39 is 5.97 Å². The predicted molar refractivity (Wildman–Crippen MR) is 116 cm³/mol. The Morgan fingerprint density at radius 1 is 1.14 bits per heavy atom. The van der Waals surface area contributed by atoms with Crippen molar-refractivity contribution in [1.29, 1.82) is 0 Å². The van der Waals surface area contributed by atoms with Crippen LogP contribution in [-0.2, 0) is 4.74 Å². The highest BCUT2D eigenvalue weighted by Crippen LogP contribution is 2.34. The molecule has 0 saturated carbocycles. The van der Waals surface area contributed by atoms with Crippen molar-refractivity contribution in [3.63, 3.8) is 0 Å². The van der Waals surface area contributed by atoms with Gasteiger partial charge in [-0.2, -0.15) is 0 Å². The molecule has 2 aromatic rings. The number of thiophene rings is 1. The van der Waals surface area contributed by atoms with Gasteiger partial charge in [-0.1, -0.05) is 0 Å². The molecule has 0 bridgehead atoms. The fraction of sp³-hybridized carbons (Fsp3) is 0.316. The van der Waals surface area contributed by atoms with Crippen molar-refractivity contribution in [2.45, 2.75) is 13.8 Å². The van der Waals surface area contributed by atoms with Gasteiger partial charge in [0.1, 0.15) is 10.8 Å². The number of thiocarbonyl (C=S) groups is 1. The zero-order valence-corrected chi connectivity index (χ0v) is 18.3. The van der Waals surface area contributed by atoms with E-state index in [4.69, 9.17) is 21.7 Å². The molecule has 1 heterocycles. The lowest BCUT2D eigenvalue weighted by Gasteiger charge is -2.13. The second-order valence-corrected chi connectivity index (χ2v) is 7.64. The number of methoxy groups -OCH3 is 2. The first kappa shape index (κ1) is 21.6. The molecule has 2 rings (SSSR count). The van der Waals surface area contributed by atoms with Crippen LogP contribution in [0.15, 0.2) is 18.2 Å². The summed E-state index contributed by atoms with van der Waals surface area (Å²) in [5.74, 6) is 0.0266. The number of carbonyl (C=O) groups excluding carboxylic acids is 2. The summed E-state index contributed by atoms with van der Waals surface area (Å²) in [5, 5.41) is 6.87. The monoisotopic (exact) mass is 421 g/mol. The molecule has 2 N–H and O–H groups in total. The molecule has 7 nitrogen and oxygen atoms in total. The van der Waals surface area contributed by atoms with Crippen LogP contribution < -0.4 is 15.4 Å². The SMILES string of the molecule is COC(=O)c1c(NC(=S)Nc2ccc(OC)cc2C)sc(C(=O)N(C)C)c1C. The number of carbonyl (C=O) groups is 2. The molecule has 0 saturated heterocycles. The average Bonchev–Trinajstić information content (AvgIpc) is 2.97. The minimum absolute atomic E-state index is 0.189. The van der Waals surface area contributed by atoms with Gasteiger partial charge in [0.25, 0.3) is 5.91 Å². The van der Waals surface area contributed by atoms with E-state index in [0.29, 0.717) is 26.1 Å². The summed E-state index contributed by atoms with van der Waals surface area (Å²) in [5.41, 5.74) is 2.60. The number of nitrogens with zero attached hydrogens (tertiary/aromatic N) is 1. The maximum Gasteiger partial charge on any atom is 0.341 e. The number of hydrogen-bond donors (Lipinski definition) is 2. The fourth-order valence-electron chi connectivity index (χ4n) is 2.52. The molecule has 1 aromatic heterocycles. The van der Waals surface area contributed by atoms with Crippen molar-refractivity contribution in [1.82, 2.24) is 4.90 Å². The van der Waals surface area contributed by atoms with E-state index in [1.165, 1.54) is 12.0 Å². The molecule has 9 heteroatoms. The molecule has 1 amide bonds. The van der Waals surface area contributed by atoms with E-state index in [9.17, 15) is 9.59 Å². The summed E-state index contributed by atoms with van der Waals surface area (Å²) in [6.45, 7) is 3.64. The normalized spacial score (nSPS) is 10.2. The van der Waals surface area contributed by atoms with Crippen LogP contribution in [0.1, 0.15) is 31.2 Å². The van der Waals surface area contributed by atoms with Gasteiger partial charge in [0.2, 0.25) is 0 Å². The van der Waals surface area contributed by atoms with E-state index in [-0.39, 0.29) is 5.91 Å². The first-order valence-electron chi connectivity index (χ1n) is 8.35. The Balaban J connectivity index is 2.31. The lowest BCUT2D eigenvalue weighted by atomic mass is 10.1. The van der Waals surface area contributed by atoms with Gasteiger partial charge in [0.05, 0.1) is 24.7 Å². The Bertz CT molecular complexity index is 922. The highest BCUT2D eigenvalue weighted by molar-refractivity contribution is 7.80. The smallest absolute Gasteiger partial charge is 0.341 e. The van der Waals surface area contributed by atoms with Crippen LogP contribution >= 0.6 is 23.6 Å². The predicted octanol–water partition coefficient (Wildman–Crippen LogP) is 3.67. The number of ether oxygens (including phenoxy) is 2. The van der Waals surface area contributed by atoms with Gasteiger partial charge in [-0.15, -0.1) is 11.3 Å². The lowest BCUT2D eigenvalue weighted by Crippen LogP contribution is -2.21. The Kier molecular flexibility index (Phi) is 6.98. The van der Waals surface area contributed by atoms with Crippen LogP contribution in [0.2, 0.25) is 0 Å². The molecule has 0 radical (unpaired) electrons. The molecule has 0 aliphatic carbocycles. The van der Waals surface area contributed by atoms with E-state index in [1.54, 1.807) is 28.1 Å². The molecule has 28 heavy (non-hydrogen) atoms. The van der Waals surface area contributed by atoms with Crippen LogP contribution in [0.4, 0.5) is 10.7 Å². The summed E-state index contributed by atoms with van der Waals surface area (Å²) in [6.07, 6.45) is 0. The third-order valence-corrected chi connectivity index (χ3v) is 5.44. The van der Waals surface area contributed by atoms with Crippen LogP contribution in [-0.4, -0.2) is 50.2 Å². The Morgan fingerprint density at radius 2 is 1.82 bits per heavy atom. The maximum atomic E-state index is 12.4. The van der Waals surface area contributed by atoms with Crippen molar-refractivity contribution in [3.05, 3.63) is 39.8 Å². The fourth-order valence-corrected chi connectivity index (χ4v) is 4.01. The molecular weight excluding hydrogens is 398 g/mol. The average molecular weight is 422 g/mol. The van der Waals surface area contributed by atoms with Crippen molar-refractivity contribution in [3.8, 4) is 5.75 Å². The summed E-state index contributed by atoms with van der Waals surface area (Å²) in [6, 6.07) is 5.55. The minimum atomic E-state index is -0.530. The third kappa shape index (κ3) is 4.60. The quantitative estimate of drug-likeness (QED) is 0.563. The molecule has 0 aliphatic heterocycles. The standard InChI is InChI=1S/C19H23N3O4S2/c1-10-9-12(25-5)7-8-13(10)20-19(27)21-16-14(18(24)26-6)11(2)15(28-16)17(23)22(3)4/h7-9H,1-6H3,(H2,20,21,27). The first-order valence-corrected chi connectivity index (χ1v) is 9.58. The number of amides is 1. The molecular formula is C19H23N3O4S2.